The molecule has 2 nitrogen and oxygen atoms in total. The number of nitrogen functional groups attached to an aromatic ring is 1. The molecule has 0 saturated heterocycles. The second-order valence-corrected chi connectivity index (χ2v) is 5.50. The Morgan fingerprint density at radius 1 is 1.00 bits per heavy atom. The number of anilines is 1. The van der Waals surface area contributed by atoms with Crippen LogP contribution in [0.5, 0.6) is 5.75 Å². The number of nitrogens with two attached hydrogens (primary N) is 1. The highest BCUT2D eigenvalue weighted by Gasteiger charge is 2.10. The van der Waals surface area contributed by atoms with E-state index >= 15 is 0 Å². The molecule has 0 radical (unpaired) electrons. The molecule has 0 atom stereocenters. The summed E-state index contributed by atoms with van der Waals surface area (Å²) in [7, 11) is 0. The third-order valence-electron chi connectivity index (χ3n) is 3.12. The minimum absolute atomic E-state index is 0.107. The minimum Gasteiger partial charge on any atom is -0.489 e. The summed E-state index contributed by atoms with van der Waals surface area (Å²) < 4.78 is 5.83. The van der Waals surface area contributed by atoms with Gasteiger partial charge >= 0.3 is 0 Å². The number of benzene rings is 2. The average Bonchev–Trinajstić information content (AvgIpc) is 2.41. The molecule has 2 aromatic rings. The Hall–Kier alpha value is -1.67. The van der Waals surface area contributed by atoms with Gasteiger partial charge in [-0.15, -0.1) is 0 Å². The Labute approximate surface area is 125 Å². The van der Waals surface area contributed by atoms with Gasteiger partial charge in [0.25, 0.3) is 0 Å². The quantitative estimate of drug-likeness (QED) is 0.823. The van der Waals surface area contributed by atoms with E-state index in [2.05, 4.69) is 12.1 Å². The molecule has 20 heavy (non-hydrogen) atoms. The van der Waals surface area contributed by atoms with Crippen molar-refractivity contribution in [1.29, 1.82) is 0 Å². The molecule has 2 N–H and O–H groups in total. The van der Waals surface area contributed by atoms with Gasteiger partial charge in [0.2, 0.25) is 0 Å². The van der Waals surface area contributed by atoms with Crippen LogP contribution in [0.2, 0.25) is 5.02 Å². The van der Waals surface area contributed by atoms with Gasteiger partial charge < -0.3 is 10.5 Å². The summed E-state index contributed by atoms with van der Waals surface area (Å²) in [6, 6.07) is 13.8. The lowest BCUT2D eigenvalue weighted by molar-refractivity contribution is 0.240. The van der Waals surface area contributed by atoms with Crippen molar-refractivity contribution in [1.82, 2.24) is 0 Å². The largest absolute Gasteiger partial charge is 0.489 e. The number of para-hydroxylation sites is 2. The van der Waals surface area contributed by atoms with Gasteiger partial charge in [-0.1, -0.05) is 41.9 Å². The first-order valence-corrected chi connectivity index (χ1v) is 7.23. The van der Waals surface area contributed by atoms with Crippen molar-refractivity contribution in [3.8, 4) is 5.75 Å². The van der Waals surface area contributed by atoms with Crippen molar-refractivity contribution >= 4 is 17.3 Å². The van der Waals surface area contributed by atoms with Crippen molar-refractivity contribution < 1.29 is 4.74 Å². The van der Waals surface area contributed by atoms with E-state index in [4.69, 9.17) is 22.1 Å². The van der Waals surface area contributed by atoms with Gasteiger partial charge in [0, 0.05) is 5.69 Å². The molecule has 0 fully saturated rings. The molecule has 0 aliphatic carbocycles. The number of ether oxygens (including phenoxy) is 1. The molecule has 0 aliphatic heterocycles. The highest BCUT2D eigenvalue weighted by atomic mass is 35.5. The van der Waals surface area contributed by atoms with Crippen LogP contribution in [0.4, 0.5) is 5.69 Å². The molecule has 0 bridgehead atoms. The van der Waals surface area contributed by atoms with Gasteiger partial charge in [0.05, 0.1) is 11.1 Å². The summed E-state index contributed by atoms with van der Waals surface area (Å²) in [4.78, 5) is 0. The maximum Gasteiger partial charge on any atom is 0.141 e. The van der Waals surface area contributed by atoms with Gasteiger partial charge in [-0.25, -0.2) is 0 Å². The maximum absolute atomic E-state index is 6.24. The summed E-state index contributed by atoms with van der Waals surface area (Å²) in [6.07, 6.45) is 1.84. The zero-order chi connectivity index (χ0) is 14.5. The Kier molecular flexibility index (Phi) is 4.91. The first-order valence-electron chi connectivity index (χ1n) is 6.85. The van der Waals surface area contributed by atoms with Gasteiger partial charge in [0.15, 0.2) is 0 Å². The first kappa shape index (κ1) is 14.7. The summed E-state index contributed by atoms with van der Waals surface area (Å²) in [5.41, 5.74) is 9.09. The number of hydrogen-bond acceptors (Lipinski definition) is 2. The van der Waals surface area contributed by atoms with Crippen molar-refractivity contribution in [3.63, 3.8) is 0 Å². The fourth-order valence-corrected chi connectivity index (χ4v) is 2.39. The lowest BCUT2D eigenvalue weighted by atomic mass is 10.0. The number of halogens is 1. The third kappa shape index (κ3) is 3.67. The molecule has 106 valence electrons. The highest BCUT2D eigenvalue weighted by Crippen LogP contribution is 2.30. The fraction of sp³-hybridized carbons (Fsp3) is 0.294. The van der Waals surface area contributed by atoms with Crippen LogP contribution in [0, 0.1) is 0 Å². The van der Waals surface area contributed by atoms with E-state index in [0.717, 1.165) is 35.4 Å². The molecule has 0 spiro atoms. The molecule has 0 aromatic heterocycles. The molecule has 0 amide bonds. The Balaban J connectivity index is 2.17. The van der Waals surface area contributed by atoms with Crippen molar-refractivity contribution in [2.24, 2.45) is 0 Å². The number of aryl methyl sites for hydroxylation is 2. The topological polar surface area (TPSA) is 35.2 Å². The number of rotatable bonds is 5. The maximum atomic E-state index is 6.24. The van der Waals surface area contributed by atoms with Crippen LogP contribution in [0.15, 0.2) is 42.5 Å². The van der Waals surface area contributed by atoms with E-state index in [1.807, 2.05) is 44.2 Å². The monoisotopic (exact) mass is 289 g/mol. The predicted molar refractivity (Wildman–Crippen MR) is 85.5 cm³/mol. The van der Waals surface area contributed by atoms with E-state index in [-0.39, 0.29) is 6.10 Å². The molecular weight excluding hydrogens is 270 g/mol. The van der Waals surface area contributed by atoms with Gasteiger partial charge in [0.1, 0.15) is 5.75 Å². The van der Waals surface area contributed by atoms with Gasteiger partial charge in [-0.2, -0.15) is 0 Å². The summed E-state index contributed by atoms with van der Waals surface area (Å²) in [5, 5.41) is 0.664. The van der Waals surface area contributed by atoms with Gasteiger partial charge in [-0.3, -0.25) is 0 Å². The van der Waals surface area contributed by atoms with E-state index in [9.17, 15) is 0 Å². The fourth-order valence-electron chi connectivity index (χ4n) is 2.15. The van der Waals surface area contributed by atoms with Gasteiger partial charge in [-0.05, 0) is 49.9 Å². The molecule has 0 saturated carbocycles. The van der Waals surface area contributed by atoms with Crippen LogP contribution in [0.25, 0.3) is 0 Å². The van der Waals surface area contributed by atoms with Crippen molar-refractivity contribution in [2.45, 2.75) is 32.8 Å². The van der Waals surface area contributed by atoms with Crippen molar-refractivity contribution in [2.75, 3.05) is 5.73 Å². The van der Waals surface area contributed by atoms with Crippen LogP contribution in [0.1, 0.15) is 25.0 Å². The summed E-state index contributed by atoms with van der Waals surface area (Å²) in [6.45, 7) is 4.00. The third-order valence-corrected chi connectivity index (χ3v) is 3.42. The van der Waals surface area contributed by atoms with E-state index < -0.39 is 0 Å². The molecule has 2 rings (SSSR count). The molecule has 0 heterocycles. The number of hydrogen-bond donors (Lipinski definition) is 1. The summed E-state index contributed by atoms with van der Waals surface area (Å²) in [5.74, 6) is 0.790. The first-order chi connectivity index (χ1) is 9.58. The minimum atomic E-state index is 0.107. The van der Waals surface area contributed by atoms with Crippen LogP contribution in [-0.4, -0.2) is 6.10 Å². The van der Waals surface area contributed by atoms with Crippen LogP contribution in [-0.2, 0) is 12.8 Å². The standard InChI is InChI=1S/C17H20ClNO/c1-12(2)20-17-14(7-5-8-15(17)18)11-10-13-6-3-4-9-16(13)19/h3-9,12H,10-11,19H2,1-2H3. The van der Waals surface area contributed by atoms with Crippen LogP contribution in [0.3, 0.4) is 0 Å². The van der Waals surface area contributed by atoms with E-state index in [1.165, 1.54) is 0 Å². The second-order valence-electron chi connectivity index (χ2n) is 5.09. The average molecular weight is 290 g/mol. The zero-order valence-electron chi connectivity index (χ0n) is 11.9. The Morgan fingerprint density at radius 3 is 2.35 bits per heavy atom. The molecular formula is C17H20ClNO. The van der Waals surface area contributed by atoms with Crippen molar-refractivity contribution in [3.05, 3.63) is 58.6 Å². The normalized spacial score (nSPS) is 10.8. The predicted octanol–water partition coefficient (Wildman–Crippen LogP) is 4.49. The SMILES string of the molecule is CC(C)Oc1c(Cl)cccc1CCc1ccccc1N. The smallest absolute Gasteiger partial charge is 0.141 e. The second kappa shape index (κ2) is 6.67. The van der Waals surface area contributed by atoms with Crippen LogP contribution >= 0.6 is 11.6 Å². The van der Waals surface area contributed by atoms with Crippen LogP contribution < -0.4 is 10.5 Å². The lowest BCUT2D eigenvalue weighted by Gasteiger charge is -2.16. The van der Waals surface area contributed by atoms with E-state index in [1.54, 1.807) is 0 Å². The Bertz CT molecular complexity index is 581. The lowest BCUT2D eigenvalue weighted by Crippen LogP contribution is -2.08. The summed E-state index contributed by atoms with van der Waals surface area (Å²) >= 11 is 6.24. The Morgan fingerprint density at radius 2 is 1.65 bits per heavy atom. The molecule has 3 heteroatoms. The molecule has 0 aliphatic rings. The molecule has 0 unspecified atom stereocenters. The van der Waals surface area contributed by atoms with E-state index in [0.29, 0.717) is 5.02 Å². The highest BCUT2D eigenvalue weighted by molar-refractivity contribution is 6.32. The zero-order valence-corrected chi connectivity index (χ0v) is 12.7. The molecule has 2 aromatic carbocycles.